The average molecular weight is 420 g/mol. The Balaban J connectivity index is 2.10. The number of benzene rings is 1. The first-order chi connectivity index (χ1) is 13.0. The van der Waals surface area contributed by atoms with Crippen LogP contribution >= 0.6 is 35.0 Å². The normalized spacial score (nSPS) is 11.6. The van der Waals surface area contributed by atoms with E-state index < -0.39 is 0 Å². The van der Waals surface area contributed by atoms with E-state index in [4.69, 9.17) is 34.0 Å². The molecule has 0 aliphatic rings. The predicted octanol–water partition coefficient (Wildman–Crippen LogP) is 5.20. The summed E-state index contributed by atoms with van der Waals surface area (Å²) in [4.78, 5) is 9.80. The maximum atomic E-state index is 6.18. The summed E-state index contributed by atoms with van der Waals surface area (Å²) in [6, 6.07) is 9.45. The van der Waals surface area contributed by atoms with Crippen molar-refractivity contribution in [1.29, 1.82) is 0 Å². The summed E-state index contributed by atoms with van der Waals surface area (Å²) in [5.41, 5.74) is 2.08. The minimum Gasteiger partial charge on any atom is -0.323 e. The fourth-order valence-electron chi connectivity index (χ4n) is 2.65. The average Bonchev–Trinajstić information content (AvgIpc) is 2.93. The highest BCUT2D eigenvalue weighted by Gasteiger charge is 2.20. The van der Waals surface area contributed by atoms with Crippen LogP contribution in [0.3, 0.4) is 0 Å². The summed E-state index contributed by atoms with van der Waals surface area (Å²) in [5, 5.41) is 5.89. The zero-order valence-corrected chi connectivity index (χ0v) is 17.3. The summed E-state index contributed by atoms with van der Waals surface area (Å²) >= 11 is 13.9. The molecule has 0 atom stereocenters. The van der Waals surface area contributed by atoms with E-state index in [1.165, 1.54) is 0 Å². The third-order valence-corrected chi connectivity index (χ3v) is 5.38. The van der Waals surface area contributed by atoms with E-state index in [1.54, 1.807) is 36.4 Å². The summed E-state index contributed by atoms with van der Waals surface area (Å²) in [6.07, 6.45) is 5.12. The molecule has 27 heavy (non-hydrogen) atoms. The minimum absolute atomic E-state index is 0.228. The van der Waals surface area contributed by atoms with Gasteiger partial charge in [-0.1, -0.05) is 48.8 Å². The van der Waals surface area contributed by atoms with Gasteiger partial charge in [0.25, 0.3) is 0 Å². The molecule has 0 aliphatic carbocycles. The SMILES string of the molecule is CC(C)c1nc(C=NN)n(Cc2ccncc2)c1Sc1cc(Cl)cc(Cl)c1. The van der Waals surface area contributed by atoms with Gasteiger partial charge in [-0.3, -0.25) is 4.98 Å². The molecule has 0 aliphatic heterocycles. The number of aromatic nitrogens is 3. The number of imidazole rings is 1. The van der Waals surface area contributed by atoms with E-state index in [1.807, 2.05) is 24.3 Å². The highest BCUT2D eigenvalue weighted by molar-refractivity contribution is 7.99. The lowest BCUT2D eigenvalue weighted by Gasteiger charge is -2.13. The van der Waals surface area contributed by atoms with Crippen LogP contribution in [0.2, 0.25) is 10.0 Å². The van der Waals surface area contributed by atoms with Crippen LogP contribution in [-0.4, -0.2) is 20.7 Å². The van der Waals surface area contributed by atoms with Crippen molar-refractivity contribution in [1.82, 2.24) is 14.5 Å². The van der Waals surface area contributed by atoms with Crippen molar-refractivity contribution >= 4 is 41.2 Å². The van der Waals surface area contributed by atoms with Crippen molar-refractivity contribution in [3.8, 4) is 0 Å². The number of hydrogen-bond acceptors (Lipinski definition) is 5. The van der Waals surface area contributed by atoms with Gasteiger partial charge in [0.2, 0.25) is 0 Å². The molecule has 0 spiro atoms. The molecule has 2 heterocycles. The van der Waals surface area contributed by atoms with Gasteiger partial charge in [-0.25, -0.2) is 4.98 Å². The van der Waals surface area contributed by atoms with E-state index in [2.05, 4.69) is 28.5 Å². The first-order valence-electron chi connectivity index (χ1n) is 8.34. The number of rotatable bonds is 6. The van der Waals surface area contributed by atoms with Crippen LogP contribution in [0.25, 0.3) is 0 Å². The Morgan fingerprint density at radius 2 is 1.85 bits per heavy atom. The van der Waals surface area contributed by atoms with Crippen LogP contribution in [0.5, 0.6) is 0 Å². The van der Waals surface area contributed by atoms with Crippen molar-refractivity contribution in [2.75, 3.05) is 0 Å². The molecule has 0 radical (unpaired) electrons. The van der Waals surface area contributed by atoms with Crippen molar-refractivity contribution < 1.29 is 0 Å². The smallest absolute Gasteiger partial charge is 0.154 e. The molecule has 2 aromatic heterocycles. The highest BCUT2D eigenvalue weighted by Crippen LogP contribution is 2.37. The van der Waals surface area contributed by atoms with Crippen molar-refractivity contribution in [2.45, 2.75) is 36.2 Å². The second-order valence-electron chi connectivity index (χ2n) is 6.24. The van der Waals surface area contributed by atoms with Gasteiger partial charge < -0.3 is 10.4 Å². The summed E-state index contributed by atoms with van der Waals surface area (Å²) in [5.74, 6) is 6.34. The van der Waals surface area contributed by atoms with Gasteiger partial charge in [-0.2, -0.15) is 5.10 Å². The van der Waals surface area contributed by atoms with Crippen LogP contribution in [0.1, 0.15) is 36.8 Å². The van der Waals surface area contributed by atoms with Gasteiger partial charge in [0.15, 0.2) is 5.82 Å². The molecule has 140 valence electrons. The van der Waals surface area contributed by atoms with Gasteiger partial charge in [0, 0.05) is 27.3 Å². The molecular formula is C19H19Cl2N5S. The first kappa shape index (κ1) is 19.7. The third-order valence-electron chi connectivity index (χ3n) is 3.85. The lowest BCUT2D eigenvalue weighted by molar-refractivity contribution is 0.704. The molecule has 3 aromatic rings. The maximum Gasteiger partial charge on any atom is 0.154 e. The third kappa shape index (κ3) is 4.83. The Bertz CT molecular complexity index is 934. The number of hydrogen-bond donors (Lipinski definition) is 1. The Morgan fingerprint density at radius 3 is 2.44 bits per heavy atom. The van der Waals surface area contributed by atoms with E-state index in [0.29, 0.717) is 22.4 Å². The van der Waals surface area contributed by atoms with Crippen LogP contribution in [0.15, 0.2) is 57.7 Å². The van der Waals surface area contributed by atoms with E-state index in [9.17, 15) is 0 Å². The molecule has 0 saturated carbocycles. The lowest BCUT2D eigenvalue weighted by atomic mass is 10.1. The lowest BCUT2D eigenvalue weighted by Crippen LogP contribution is -2.07. The Morgan fingerprint density at radius 1 is 1.19 bits per heavy atom. The van der Waals surface area contributed by atoms with Crippen LogP contribution in [-0.2, 0) is 6.54 Å². The van der Waals surface area contributed by atoms with E-state index in [-0.39, 0.29) is 5.92 Å². The molecule has 3 rings (SSSR count). The molecule has 8 heteroatoms. The predicted molar refractivity (Wildman–Crippen MR) is 112 cm³/mol. The Kier molecular flexibility index (Phi) is 6.42. The Labute approximate surface area is 172 Å². The number of hydrazone groups is 1. The first-order valence-corrected chi connectivity index (χ1v) is 9.91. The highest BCUT2D eigenvalue weighted by atomic mass is 35.5. The minimum atomic E-state index is 0.228. The van der Waals surface area contributed by atoms with Crippen LogP contribution in [0, 0.1) is 0 Å². The molecule has 2 N–H and O–H groups in total. The van der Waals surface area contributed by atoms with Crippen molar-refractivity contribution in [3.05, 3.63) is 69.9 Å². The molecule has 0 unspecified atom stereocenters. The van der Waals surface area contributed by atoms with Crippen molar-refractivity contribution in [3.63, 3.8) is 0 Å². The van der Waals surface area contributed by atoms with Gasteiger partial charge in [0.05, 0.1) is 18.5 Å². The molecule has 0 bridgehead atoms. The maximum absolute atomic E-state index is 6.18. The second-order valence-corrected chi connectivity index (χ2v) is 8.18. The van der Waals surface area contributed by atoms with E-state index in [0.717, 1.165) is 21.2 Å². The molecule has 0 fully saturated rings. The van der Waals surface area contributed by atoms with Crippen LogP contribution < -0.4 is 5.84 Å². The quantitative estimate of drug-likeness (QED) is 0.338. The topological polar surface area (TPSA) is 69.1 Å². The fraction of sp³-hybridized carbons (Fsp3) is 0.211. The van der Waals surface area contributed by atoms with Crippen LogP contribution in [0.4, 0.5) is 0 Å². The van der Waals surface area contributed by atoms with E-state index >= 15 is 0 Å². The number of pyridine rings is 1. The fourth-order valence-corrected chi connectivity index (χ4v) is 4.55. The second kappa shape index (κ2) is 8.78. The molecular weight excluding hydrogens is 401 g/mol. The molecule has 5 nitrogen and oxygen atoms in total. The van der Waals surface area contributed by atoms with Gasteiger partial charge in [-0.15, -0.1) is 0 Å². The number of nitrogens with zero attached hydrogens (tertiary/aromatic N) is 4. The monoisotopic (exact) mass is 419 g/mol. The molecule has 0 saturated heterocycles. The number of nitrogens with two attached hydrogens (primary N) is 1. The number of halogens is 2. The summed E-state index contributed by atoms with van der Waals surface area (Å²) in [7, 11) is 0. The standard InChI is InChI=1S/C19H19Cl2N5S/c1-12(2)18-19(27-16-8-14(20)7-15(21)9-16)26(17(25-18)10-24-22)11-13-3-5-23-6-4-13/h3-10,12H,11,22H2,1-2H3. The molecule has 1 aromatic carbocycles. The summed E-state index contributed by atoms with van der Waals surface area (Å²) in [6.45, 7) is 4.84. The van der Waals surface area contributed by atoms with Gasteiger partial charge in [0.1, 0.15) is 5.03 Å². The zero-order valence-electron chi connectivity index (χ0n) is 14.9. The zero-order chi connectivity index (χ0) is 19.4. The largest absolute Gasteiger partial charge is 0.323 e. The Hall–Kier alpha value is -2.02. The van der Waals surface area contributed by atoms with Gasteiger partial charge in [-0.05, 0) is 41.8 Å². The van der Waals surface area contributed by atoms with Gasteiger partial charge >= 0.3 is 0 Å². The molecule has 0 amide bonds. The summed E-state index contributed by atoms with van der Waals surface area (Å²) < 4.78 is 2.10. The van der Waals surface area contributed by atoms with Crippen molar-refractivity contribution in [2.24, 2.45) is 10.9 Å².